The van der Waals surface area contributed by atoms with Gasteiger partial charge in [0, 0.05) is 18.2 Å². The molecule has 4 rings (SSSR count). The number of carbonyl (C=O) groups is 2. The van der Waals surface area contributed by atoms with E-state index in [1.165, 1.54) is 11.2 Å². The molecule has 0 aliphatic heterocycles. The number of carbonyl (C=O) groups excluding carboxylic acids is 2. The number of nitrogens with zero attached hydrogens (tertiary/aromatic N) is 5. The smallest absolute Gasteiger partial charge is 0.247 e. The lowest BCUT2D eigenvalue weighted by atomic mass is 9.95. The molecule has 2 aromatic carbocycles. The van der Waals surface area contributed by atoms with E-state index < -0.39 is 6.04 Å². The Morgan fingerprint density at radius 1 is 1.00 bits per heavy atom. The molecule has 1 aliphatic rings. The summed E-state index contributed by atoms with van der Waals surface area (Å²) in [5.41, 5.74) is 1.54. The van der Waals surface area contributed by atoms with Crippen LogP contribution < -0.4 is 19.5 Å². The summed E-state index contributed by atoms with van der Waals surface area (Å²) in [4.78, 5) is 29.6. The van der Waals surface area contributed by atoms with Crippen molar-refractivity contribution in [1.29, 1.82) is 0 Å². The normalized spacial score (nSPS) is 14.4. The molecule has 3 aromatic rings. The molecule has 1 N–H and O–H groups in total. The summed E-state index contributed by atoms with van der Waals surface area (Å²) in [5.74, 6) is 1.71. The van der Waals surface area contributed by atoms with E-state index in [-0.39, 0.29) is 30.9 Å². The van der Waals surface area contributed by atoms with Gasteiger partial charge in [0.05, 0.1) is 21.3 Å². The van der Waals surface area contributed by atoms with Crippen molar-refractivity contribution in [3.63, 3.8) is 0 Å². The molecule has 0 spiro atoms. The van der Waals surface area contributed by atoms with Crippen LogP contribution in [-0.2, 0) is 22.7 Å². The van der Waals surface area contributed by atoms with Crippen LogP contribution in [0.15, 0.2) is 42.5 Å². The van der Waals surface area contributed by atoms with Crippen LogP contribution in [0, 0.1) is 0 Å². The molecule has 0 saturated heterocycles. The number of hydrogen-bond acceptors (Lipinski definition) is 8. The number of benzene rings is 2. The fourth-order valence-corrected chi connectivity index (χ4v) is 4.69. The third-order valence-electron chi connectivity index (χ3n) is 7.00. The Hall–Kier alpha value is -4.15. The molecule has 1 atom stereocenters. The maximum absolute atomic E-state index is 13.6. The van der Waals surface area contributed by atoms with Gasteiger partial charge in [0.1, 0.15) is 18.3 Å². The summed E-state index contributed by atoms with van der Waals surface area (Å²) in [6.07, 6.45) is 5.34. The Morgan fingerprint density at radius 3 is 2.38 bits per heavy atom. The molecule has 39 heavy (non-hydrogen) atoms. The topological polar surface area (TPSA) is 121 Å². The van der Waals surface area contributed by atoms with Crippen molar-refractivity contribution in [2.45, 2.75) is 64.2 Å². The van der Waals surface area contributed by atoms with Crippen molar-refractivity contribution >= 4 is 11.8 Å². The van der Waals surface area contributed by atoms with Crippen molar-refractivity contribution in [3.05, 3.63) is 48.0 Å². The first-order valence-electron chi connectivity index (χ1n) is 13.1. The van der Waals surface area contributed by atoms with Crippen LogP contribution in [0.1, 0.15) is 44.6 Å². The molecule has 2 amide bonds. The number of amides is 2. The van der Waals surface area contributed by atoms with Crippen LogP contribution in [0.2, 0.25) is 0 Å². The monoisotopic (exact) mass is 536 g/mol. The van der Waals surface area contributed by atoms with Crippen molar-refractivity contribution in [2.75, 3.05) is 21.3 Å². The Kier molecular flexibility index (Phi) is 9.35. The van der Waals surface area contributed by atoms with Gasteiger partial charge < -0.3 is 24.4 Å². The van der Waals surface area contributed by atoms with Crippen LogP contribution >= 0.6 is 0 Å². The molecule has 11 heteroatoms. The Bertz CT molecular complexity index is 1260. The van der Waals surface area contributed by atoms with Crippen LogP contribution in [0.3, 0.4) is 0 Å². The molecule has 1 fully saturated rings. The van der Waals surface area contributed by atoms with Gasteiger partial charge in [-0.1, -0.05) is 31.4 Å². The maximum atomic E-state index is 13.6. The van der Waals surface area contributed by atoms with E-state index in [2.05, 4.69) is 20.7 Å². The van der Waals surface area contributed by atoms with Crippen molar-refractivity contribution in [1.82, 2.24) is 30.4 Å². The minimum atomic E-state index is -0.685. The molecule has 0 radical (unpaired) electrons. The number of tetrazole rings is 1. The Labute approximate surface area is 228 Å². The average Bonchev–Trinajstić information content (AvgIpc) is 3.44. The fourth-order valence-electron chi connectivity index (χ4n) is 4.69. The van der Waals surface area contributed by atoms with Gasteiger partial charge in [0.2, 0.25) is 17.6 Å². The first-order chi connectivity index (χ1) is 18.9. The number of ether oxygens (including phenoxy) is 3. The van der Waals surface area contributed by atoms with Gasteiger partial charge in [-0.25, -0.2) is 0 Å². The number of nitrogens with one attached hydrogen (secondary N) is 1. The predicted octanol–water partition coefficient (Wildman–Crippen LogP) is 3.23. The van der Waals surface area contributed by atoms with Gasteiger partial charge >= 0.3 is 0 Å². The highest BCUT2D eigenvalue weighted by atomic mass is 16.5. The number of aromatic nitrogens is 4. The number of methoxy groups -OCH3 is 3. The van der Waals surface area contributed by atoms with Gasteiger partial charge in [-0.2, -0.15) is 4.80 Å². The second-order valence-electron chi connectivity index (χ2n) is 9.60. The van der Waals surface area contributed by atoms with Crippen LogP contribution in [0.5, 0.6) is 17.2 Å². The van der Waals surface area contributed by atoms with Gasteiger partial charge in [0.25, 0.3) is 0 Å². The summed E-state index contributed by atoms with van der Waals surface area (Å²) in [5, 5.41) is 15.7. The highest BCUT2D eigenvalue weighted by molar-refractivity contribution is 5.87. The molecule has 0 unspecified atom stereocenters. The summed E-state index contributed by atoms with van der Waals surface area (Å²) in [6.45, 7) is 1.83. The summed E-state index contributed by atoms with van der Waals surface area (Å²) in [7, 11) is 4.71. The van der Waals surface area contributed by atoms with E-state index in [0.29, 0.717) is 28.6 Å². The summed E-state index contributed by atoms with van der Waals surface area (Å²) < 4.78 is 15.9. The molecular weight excluding hydrogens is 500 g/mol. The predicted molar refractivity (Wildman–Crippen MR) is 144 cm³/mol. The second-order valence-corrected chi connectivity index (χ2v) is 9.60. The number of hydrogen-bond donors (Lipinski definition) is 1. The minimum Gasteiger partial charge on any atom is -0.497 e. The van der Waals surface area contributed by atoms with Gasteiger partial charge in [0.15, 0.2) is 11.5 Å². The molecule has 1 saturated carbocycles. The molecule has 1 heterocycles. The summed E-state index contributed by atoms with van der Waals surface area (Å²) in [6, 6.07) is 12.2. The molecular formula is C28H36N6O5. The second kappa shape index (κ2) is 13.1. The quantitative estimate of drug-likeness (QED) is 0.397. The van der Waals surface area contributed by atoms with Crippen molar-refractivity contribution in [3.8, 4) is 28.6 Å². The van der Waals surface area contributed by atoms with Gasteiger partial charge in [-0.05, 0) is 60.9 Å². The van der Waals surface area contributed by atoms with E-state index in [4.69, 9.17) is 14.2 Å². The van der Waals surface area contributed by atoms with E-state index in [0.717, 1.165) is 31.2 Å². The lowest BCUT2D eigenvalue weighted by Gasteiger charge is -2.31. The molecule has 0 bridgehead atoms. The molecule has 11 nitrogen and oxygen atoms in total. The van der Waals surface area contributed by atoms with Crippen LogP contribution in [0.25, 0.3) is 11.4 Å². The fraction of sp³-hybridized carbons (Fsp3) is 0.464. The largest absolute Gasteiger partial charge is 0.497 e. The molecule has 1 aromatic heterocycles. The van der Waals surface area contributed by atoms with Gasteiger partial charge in [-0.3, -0.25) is 9.59 Å². The Morgan fingerprint density at radius 2 is 1.72 bits per heavy atom. The first-order valence-corrected chi connectivity index (χ1v) is 13.1. The summed E-state index contributed by atoms with van der Waals surface area (Å²) >= 11 is 0. The van der Waals surface area contributed by atoms with Crippen LogP contribution in [0.4, 0.5) is 0 Å². The third kappa shape index (κ3) is 7.04. The zero-order valence-corrected chi connectivity index (χ0v) is 22.9. The third-order valence-corrected chi connectivity index (χ3v) is 7.00. The Balaban J connectivity index is 1.51. The van der Waals surface area contributed by atoms with Crippen molar-refractivity contribution in [2.24, 2.45) is 0 Å². The minimum absolute atomic E-state index is 0.146. The van der Waals surface area contributed by atoms with Crippen molar-refractivity contribution < 1.29 is 23.8 Å². The SMILES string of the molecule is COc1ccc(CN(C(=O)Cn2nnc(-c3ccc(OC)c(OC)c3)n2)[C@H](C)C(=O)NC2CCCCC2)cc1. The van der Waals surface area contributed by atoms with Gasteiger partial charge in [-0.15, -0.1) is 10.2 Å². The zero-order chi connectivity index (χ0) is 27.8. The highest BCUT2D eigenvalue weighted by Crippen LogP contribution is 2.30. The van der Waals surface area contributed by atoms with Crippen LogP contribution in [-0.4, -0.2) is 70.3 Å². The lowest BCUT2D eigenvalue weighted by molar-refractivity contribution is -0.141. The zero-order valence-electron chi connectivity index (χ0n) is 22.9. The average molecular weight is 537 g/mol. The lowest BCUT2D eigenvalue weighted by Crippen LogP contribution is -2.51. The van der Waals surface area contributed by atoms with E-state index in [9.17, 15) is 9.59 Å². The van der Waals surface area contributed by atoms with E-state index in [1.807, 2.05) is 24.3 Å². The standard InChI is InChI=1S/C28H36N6O5/c1-19(28(36)29-22-8-6-5-7-9-22)33(17-20-10-13-23(37-2)14-11-20)26(35)18-34-31-27(30-32-34)21-12-15-24(38-3)25(16-21)39-4/h10-16,19,22H,5-9,17-18H2,1-4H3,(H,29,36)/t19-/m1/s1. The molecule has 1 aliphatic carbocycles. The highest BCUT2D eigenvalue weighted by Gasteiger charge is 2.29. The first kappa shape index (κ1) is 27.9. The maximum Gasteiger partial charge on any atom is 0.247 e. The molecule has 208 valence electrons. The number of rotatable bonds is 11. The van der Waals surface area contributed by atoms with E-state index >= 15 is 0 Å². The van der Waals surface area contributed by atoms with E-state index in [1.54, 1.807) is 51.4 Å².